The Balaban J connectivity index is 2.09. The van der Waals surface area contributed by atoms with Gasteiger partial charge in [0.25, 0.3) is 5.91 Å². The van der Waals surface area contributed by atoms with Crippen LogP contribution in [0.15, 0.2) is 29.7 Å². The van der Waals surface area contributed by atoms with E-state index < -0.39 is 5.97 Å². The summed E-state index contributed by atoms with van der Waals surface area (Å²) in [6, 6.07) is 5.05. The molecule has 0 saturated carbocycles. The smallest absolute Gasteiger partial charge is 0.385 e. The van der Waals surface area contributed by atoms with Crippen molar-refractivity contribution in [3.8, 4) is 5.69 Å². The van der Waals surface area contributed by atoms with Gasteiger partial charge in [-0.15, -0.1) is 0 Å². The van der Waals surface area contributed by atoms with Crippen molar-refractivity contribution in [2.75, 3.05) is 0 Å². The van der Waals surface area contributed by atoms with Crippen molar-refractivity contribution in [2.24, 2.45) is 10.9 Å². The molecule has 1 aliphatic heterocycles. The minimum Gasteiger partial charge on any atom is -0.385 e. The lowest BCUT2D eigenvalue weighted by atomic mass is 10.1. The molecule has 0 radical (unpaired) electrons. The molecule has 8 nitrogen and oxygen atoms in total. The monoisotopic (exact) mass is 333 g/mol. The summed E-state index contributed by atoms with van der Waals surface area (Å²) in [5, 5.41) is 6.42. The summed E-state index contributed by atoms with van der Waals surface area (Å²) >= 11 is 6.11. The minimum atomic E-state index is -0.761. The predicted octanol–water partition coefficient (Wildman–Crippen LogP) is 1.22. The first kappa shape index (κ1) is 15.0. The minimum absolute atomic E-state index is 0.0446. The van der Waals surface area contributed by atoms with Crippen LogP contribution in [0.25, 0.3) is 5.69 Å². The highest BCUT2D eigenvalue weighted by atomic mass is 35.5. The highest BCUT2D eigenvalue weighted by molar-refractivity contribution is 6.34. The number of amidine groups is 1. The first-order valence-corrected chi connectivity index (χ1v) is 7.01. The highest BCUT2D eigenvalue weighted by Crippen LogP contribution is 2.27. The van der Waals surface area contributed by atoms with Crippen LogP contribution in [0.4, 0.5) is 0 Å². The van der Waals surface area contributed by atoms with Crippen LogP contribution in [0.2, 0.25) is 5.02 Å². The van der Waals surface area contributed by atoms with Crippen molar-refractivity contribution in [1.29, 1.82) is 0 Å². The molecule has 9 heteroatoms. The molecule has 0 saturated heterocycles. The Morgan fingerprint density at radius 3 is 3.04 bits per heavy atom. The van der Waals surface area contributed by atoms with Crippen molar-refractivity contribution in [3.05, 3.63) is 46.5 Å². The lowest BCUT2D eigenvalue weighted by Crippen LogP contribution is -2.22. The Morgan fingerprint density at radius 2 is 2.30 bits per heavy atom. The molecule has 0 spiro atoms. The molecule has 1 aliphatic rings. The average molecular weight is 334 g/mol. The molecular weight excluding hydrogens is 322 g/mol. The summed E-state index contributed by atoms with van der Waals surface area (Å²) in [5.74, 6) is -0.984. The van der Waals surface area contributed by atoms with E-state index in [0.717, 1.165) is 0 Å². The number of imidazole rings is 1. The SMILES string of the molecule is CC(N)=NOC(=O)c1ncn2c1CNC(=O)c1c(Cl)cccc1-2. The summed E-state index contributed by atoms with van der Waals surface area (Å²) in [6.07, 6.45) is 1.43. The van der Waals surface area contributed by atoms with Gasteiger partial charge in [0.1, 0.15) is 12.2 Å². The number of nitrogens with one attached hydrogen (secondary N) is 1. The van der Waals surface area contributed by atoms with Gasteiger partial charge in [-0.2, -0.15) is 0 Å². The first-order chi connectivity index (χ1) is 11.0. The van der Waals surface area contributed by atoms with E-state index in [1.165, 1.54) is 13.3 Å². The Hall–Kier alpha value is -2.87. The van der Waals surface area contributed by atoms with Gasteiger partial charge >= 0.3 is 5.97 Å². The van der Waals surface area contributed by atoms with Crippen LogP contribution in [0.3, 0.4) is 0 Å². The third-order valence-corrected chi connectivity index (χ3v) is 3.54. The number of rotatable bonds is 2. The molecule has 3 N–H and O–H groups in total. The quantitative estimate of drug-likeness (QED) is 0.371. The summed E-state index contributed by atoms with van der Waals surface area (Å²) in [7, 11) is 0. The van der Waals surface area contributed by atoms with Crippen LogP contribution in [-0.2, 0) is 11.4 Å². The third-order valence-electron chi connectivity index (χ3n) is 3.23. The standard InChI is InChI=1S/C14H12ClN5O3/c1-7(16)19-23-14(22)12-10-5-17-13(21)11-8(15)3-2-4-9(11)20(10)6-18-12/h2-4,6H,5H2,1H3,(H2,16,19)(H,17,21). The fourth-order valence-electron chi connectivity index (χ4n) is 2.27. The zero-order chi connectivity index (χ0) is 16.6. The topological polar surface area (TPSA) is 112 Å². The molecule has 2 heterocycles. The van der Waals surface area contributed by atoms with E-state index in [4.69, 9.17) is 22.2 Å². The predicted molar refractivity (Wildman–Crippen MR) is 82.5 cm³/mol. The Kier molecular flexibility index (Phi) is 3.75. The number of carbonyl (C=O) groups is 2. The molecule has 0 bridgehead atoms. The van der Waals surface area contributed by atoms with Crippen molar-refractivity contribution in [1.82, 2.24) is 14.9 Å². The first-order valence-electron chi connectivity index (χ1n) is 6.63. The van der Waals surface area contributed by atoms with E-state index >= 15 is 0 Å². The Bertz CT molecular complexity index is 839. The van der Waals surface area contributed by atoms with E-state index in [2.05, 4.69) is 15.5 Å². The molecule has 0 fully saturated rings. The number of carbonyl (C=O) groups excluding carboxylic acids is 2. The fraction of sp³-hybridized carbons (Fsp3) is 0.143. The molecular formula is C14H12ClN5O3. The third kappa shape index (κ3) is 2.64. The Morgan fingerprint density at radius 1 is 1.52 bits per heavy atom. The lowest BCUT2D eigenvalue weighted by Gasteiger charge is -2.08. The van der Waals surface area contributed by atoms with Gasteiger partial charge in [-0.1, -0.05) is 22.8 Å². The van der Waals surface area contributed by atoms with E-state index in [1.54, 1.807) is 22.8 Å². The second-order valence-electron chi connectivity index (χ2n) is 4.84. The maximum absolute atomic E-state index is 12.2. The van der Waals surface area contributed by atoms with Crippen LogP contribution in [0.5, 0.6) is 0 Å². The summed E-state index contributed by atoms with van der Waals surface area (Å²) < 4.78 is 1.62. The second-order valence-corrected chi connectivity index (χ2v) is 5.25. The largest absolute Gasteiger partial charge is 0.385 e. The van der Waals surface area contributed by atoms with Gasteiger partial charge in [0.15, 0.2) is 5.69 Å². The van der Waals surface area contributed by atoms with Crippen LogP contribution in [-0.4, -0.2) is 27.3 Å². The summed E-state index contributed by atoms with van der Waals surface area (Å²) in [5.41, 5.74) is 6.70. The van der Waals surface area contributed by atoms with Crippen molar-refractivity contribution in [3.63, 3.8) is 0 Å². The summed E-state index contributed by atoms with van der Waals surface area (Å²) in [4.78, 5) is 33.0. The number of oxime groups is 1. The van der Waals surface area contributed by atoms with Crippen LogP contribution in [0.1, 0.15) is 33.5 Å². The average Bonchev–Trinajstić information content (AvgIpc) is 2.87. The zero-order valence-electron chi connectivity index (χ0n) is 12.0. The molecule has 23 heavy (non-hydrogen) atoms. The van der Waals surface area contributed by atoms with E-state index in [-0.39, 0.29) is 24.0 Å². The molecule has 118 valence electrons. The maximum atomic E-state index is 12.2. The van der Waals surface area contributed by atoms with E-state index in [1.807, 2.05) is 0 Å². The van der Waals surface area contributed by atoms with Crippen molar-refractivity contribution >= 4 is 29.3 Å². The molecule has 1 amide bonds. The van der Waals surface area contributed by atoms with Gasteiger partial charge in [0, 0.05) is 0 Å². The zero-order valence-corrected chi connectivity index (χ0v) is 12.8. The van der Waals surface area contributed by atoms with Crippen molar-refractivity contribution < 1.29 is 14.4 Å². The number of benzene rings is 1. The van der Waals surface area contributed by atoms with Gasteiger partial charge in [-0.25, -0.2) is 9.78 Å². The molecule has 1 aromatic carbocycles. The lowest BCUT2D eigenvalue weighted by molar-refractivity contribution is 0.0507. The maximum Gasteiger partial charge on any atom is 0.385 e. The number of aromatic nitrogens is 2. The molecule has 0 aliphatic carbocycles. The van der Waals surface area contributed by atoms with Gasteiger partial charge in [-0.05, 0) is 19.1 Å². The Labute approximate surface area is 135 Å². The normalized spacial score (nSPS) is 13.7. The number of nitrogens with two attached hydrogens (primary N) is 1. The van der Waals surface area contributed by atoms with Gasteiger partial charge < -0.3 is 15.9 Å². The van der Waals surface area contributed by atoms with Gasteiger partial charge in [0.05, 0.1) is 28.5 Å². The second kappa shape index (κ2) is 5.73. The number of hydrogen-bond donors (Lipinski definition) is 2. The number of amides is 1. The number of fused-ring (bicyclic) bond motifs is 3. The fourth-order valence-corrected chi connectivity index (χ4v) is 2.52. The van der Waals surface area contributed by atoms with Crippen molar-refractivity contribution in [2.45, 2.75) is 13.5 Å². The van der Waals surface area contributed by atoms with Gasteiger partial charge in [0.2, 0.25) is 0 Å². The summed E-state index contributed by atoms with van der Waals surface area (Å²) in [6.45, 7) is 1.58. The molecule has 2 aromatic rings. The number of halogens is 1. The van der Waals surface area contributed by atoms with Gasteiger partial charge in [-0.3, -0.25) is 9.36 Å². The molecule has 3 rings (SSSR count). The van der Waals surface area contributed by atoms with Crippen LogP contribution >= 0.6 is 11.6 Å². The van der Waals surface area contributed by atoms with E-state index in [0.29, 0.717) is 22.0 Å². The molecule has 1 aromatic heterocycles. The molecule has 0 atom stereocenters. The number of hydrogen-bond acceptors (Lipinski definition) is 5. The number of nitrogens with zero attached hydrogens (tertiary/aromatic N) is 3. The van der Waals surface area contributed by atoms with E-state index in [9.17, 15) is 9.59 Å². The molecule has 0 unspecified atom stereocenters. The van der Waals surface area contributed by atoms with Crippen LogP contribution in [0, 0.1) is 0 Å². The van der Waals surface area contributed by atoms with Crippen LogP contribution < -0.4 is 11.1 Å². The highest BCUT2D eigenvalue weighted by Gasteiger charge is 2.27.